The standard InChI is InChI=1S/C7H15NO4/c9-5-3-8(4-6-10)2-1-7(11)12/h9-10H,1-6H2,(H,11,12). The number of aliphatic hydroxyl groups is 2. The van der Waals surface area contributed by atoms with Gasteiger partial charge in [0, 0.05) is 19.6 Å². The Bertz CT molecular complexity index is 123. The van der Waals surface area contributed by atoms with Crippen LogP contribution in [0, 0.1) is 0 Å². The first-order chi connectivity index (χ1) is 5.70. The van der Waals surface area contributed by atoms with Gasteiger partial charge in [0.1, 0.15) is 0 Å². The molecule has 0 saturated heterocycles. The summed E-state index contributed by atoms with van der Waals surface area (Å²) in [5.74, 6) is -0.865. The van der Waals surface area contributed by atoms with Crippen molar-refractivity contribution in [2.75, 3.05) is 32.8 Å². The maximum atomic E-state index is 10.2. The van der Waals surface area contributed by atoms with E-state index in [1.54, 1.807) is 4.90 Å². The largest absolute Gasteiger partial charge is 0.481 e. The van der Waals surface area contributed by atoms with Gasteiger partial charge in [0.2, 0.25) is 0 Å². The number of carboxylic acid groups (broad SMARTS) is 1. The molecule has 72 valence electrons. The van der Waals surface area contributed by atoms with Gasteiger partial charge in [0.15, 0.2) is 0 Å². The van der Waals surface area contributed by atoms with Gasteiger partial charge >= 0.3 is 5.97 Å². The van der Waals surface area contributed by atoms with E-state index in [1.165, 1.54) is 0 Å². The van der Waals surface area contributed by atoms with Crippen LogP contribution in [0.4, 0.5) is 0 Å². The third kappa shape index (κ3) is 6.09. The van der Waals surface area contributed by atoms with Crippen molar-refractivity contribution in [1.29, 1.82) is 0 Å². The molecule has 0 aromatic heterocycles. The second-order valence-corrected chi connectivity index (χ2v) is 2.43. The maximum Gasteiger partial charge on any atom is 0.304 e. The molecule has 5 heteroatoms. The minimum Gasteiger partial charge on any atom is -0.481 e. The molecule has 0 atom stereocenters. The predicted octanol–water partition coefficient (Wildman–Crippen LogP) is -1.25. The topological polar surface area (TPSA) is 81.0 Å². The molecule has 5 nitrogen and oxygen atoms in total. The van der Waals surface area contributed by atoms with Crippen LogP contribution in [0.25, 0.3) is 0 Å². The normalized spacial score (nSPS) is 10.6. The number of rotatable bonds is 7. The average molecular weight is 177 g/mol. The highest BCUT2D eigenvalue weighted by molar-refractivity contribution is 5.66. The molecule has 0 radical (unpaired) electrons. The average Bonchev–Trinajstić information content (AvgIpc) is 2.01. The summed E-state index contributed by atoms with van der Waals surface area (Å²) >= 11 is 0. The minimum absolute atomic E-state index is 0.0143. The number of carbonyl (C=O) groups is 1. The van der Waals surface area contributed by atoms with E-state index in [1.807, 2.05) is 0 Å². The molecule has 0 amide bonds. The molecule has 0 bridgehead atoms. The monoisotopic (exact) mass is 177 g/mol. The van der Waals surface area contributed by atoms with Gasteiger partial charge in [-0.3, -0.25) is 9.69 Å². The molecular formula is C7H15NO4. The van der Waals surface area contributed by atoms with Gasteiger partial charge in [0.25, 0.3) is 0 Å². The number of aliphatic carboxylic acids is 1. The van der Waals surface area contributed by atoms with Crippen LogP contribution < -0.4 is 0 Å². The molecule has 0 aliphatic rings. The SMILES string of the molecule is O=C(O)CCN(CCO)CCO. The van der Waals surface area contributed by atoms with Crippen LogP contribution in [0.15, 0.2) is 0 Å². The first kappa shape index (κ1) is 11.4. The van der Waals surface area contributed by atoms with E-state index in [9.17, 15) is 4.79 Å². The fourth-order valence-electron chi connectivity index (χ4n) is 0.872. The molecule has 0 aromatic rings. The second-order valence-electron chi connectivity index (χ2n) is 2.43. The molecule has 0 aliphatic carbocycles. The van der Waals surface area contributed by atoms with Crippen LogP contribution in [-0.4, -0.2) is 59.0 Å². The van der Waals surface area contributed by atoms with E-state index in [0.717, 1.165) is 0 Å². The lowest BCUT2D eigenvalue weighted by atomic mass is 10.3. The Labute approximate surface area is 71.2 Å². The van der Waals surface area contributed by atoms with E-state index in [0.29, 0.717) is 19.6 Å². The van der Waals surface area contributed by atoms with Crippen molar-refractivity contribution >= 4 is 5.97 Å². The molecule has 0 saturated carbocycles. The summed E-state index contributed by atoms with van der Waals surface area (Å²) in [4.78, 5) is 11.9. The Kier molecular flexibility index (Phi) is 6.64. The van der Waals surface area contributed by atoms with Crippen molar-refractivity contribution in [2.24, 2.45) is 0 Å². The van der Waals surface area contributed by atoms with Crippen molar-refractivity contribution in [3.8, 4) is 0 Å². The zero-order chi connectivity index (χ0) is 9.40. The first-order valence-electron chi connectivity index (χ1n) is 3.86. The lowest BCUT2D eigenvalue weighted by molar-refractivity contribution is -0.137. The highest BCUT2D eigenvalue weighted by Crippen LogP contribution is 1.90. The van der Waals surface area contributed by atoms with Crippen LogP contribution in [0.1, 0.15) is 6.42 Å². The fourth-order valence-corrected chi connectivity index (χ4v) is 0.872. The molecule has 0 fully saturated rings. The highest BCUT2D eigenvalue weighted by atomic mass is 16.4. The zero-order valence-corrected chi connectivity index (χ0v) is 6.94. The van der Waals surface area contributed by atoms with E-state index >= 15 is 0 Å². The molecular weight excluding hydrogens is 162 g/mol. The summed E-state index contributed by atoms with van der Waals surface area (Å²) < 4.78 is 0. The Morgan fingerprint density at radius 2 is 1.58 bits per heavy atom. The van der Waals surface area contributed by atoms with Gasteiger partial charge in [-0.1, -0.05) is 0 Å². The van der Waals surface area contributed by atoms with Gasteiger partial charge < -0.3 is 15.3 Å². The second kappa shape index (κ2) is 7.02. The Morgan fingerprint density at radius 1 is 1.08 bits per heavy atom. The quantitative estimate of drug-likeness (QED) is 0.452. The van der Waals surface area contributed by atoms with Crippen LogP contribution in [0.3, 0.4) is 0 Å². The lowest BCUT2D eigenvalue weighted by Crippen LogP contribution is -2.31. The van der Waals surface area contributed by atoms with E-state index < -0.39 is 5.97 Å². The number of nitrogens with zero attached hydrogens (tertiary/aromatic N) is 1. The number of aliphatic hydroxyl groups excluding tert-OH is 2. The zero-order valence-electron chi connectivity index (χ0n) is 6.94. The summed E-state index contributed by atoms with van der Waals surface area (Å²) in [5, 5.41) is 25.5. The highest BCUT2D eigenvalue weighted by Gasteiger charge is 2.05. The minimum atomic E-state index is -0.865. The van der Waals surface area contributed by atoms with E-state index in [2.05, 4.69) is 0 Å². The molecule has 0 spiro atoms. The molecule has 0 rings (SSSR count). The van der Waals surface area contributed by atoms with Gasteiger partial charge in [-0.05, 0) is 0 Å². The van der Waals surface area contributed by atoms with Crippen molar-refractivity contribution in [1.82, 2.24) is 4.90 Å². The molecule has 0 aliphatic heterocycles. The third-order valence-corrected chi connectivity index (χ3v) is 1.47. The lowest BCUT2D eigenvalue weighted by Gasteiger charge is -2.18. The third-order valence-electron chi connectivity index (χ3n) is 1.47. The smallest absolute Gasteiger partial charge is 0.304 e. The van der Waals surface area contributed by atoms with Crippen LogP contribution in [-0.2, 0) is 4.79 Å². The molecule has 12 heavy (non-hydrogen) atoms. The molecule has 3 N–H and O–H groups in total. The van der Waals surface area contributed by atoms with Gasteiger partial charge in [-0.25, -0.2) is 0 Å². The number of hydrogen-bond acceptors (Lipinski definition) is 4. The Balaban J connectivity index is 3.54. The number of hydrogen-bond donors (Lipinski definition) is 3. The van der Waals surface area contributed by atoms with Gasteiger partial charge in [-0.2, -0.15) is 0 Å². The summed E-state index contributed by atoms with van der Waals surface area (Å²) in [6, 6.07) is 0. The molecule has 0 unspecified atom stereocenters. The Morgan fingerprint density at radius 3 is 1.92 bits per heavy atom. The summed E-state index contributed by atoms with van der Waals surface area (Å²) in [6.07, 6.45) is 0.0417. The first-order valence-corrected chi connectivity index (χ1v) is 3.86. The summed E-state index contributed by atoms with van der Waals surface area (Å²) in [7, 11) is 0. The number of carboxylic acids is 1. The Hall–Kier alpha value is -0.650. The molecule has 0 heterocycles. The van der Waals surface area contributed by atoms with Crippen molar-refractivity contribution in [3.63, 3.8) is 0 Å². The van der Waals surface area contributed by atoms with E-state index in [-0.39, 0.29) is 19.6 Å². The fraction of sp³-hybridized carbons (Fsp3) is 0.857. The van der Waals surface area contributed by atoms with Crippen LogP contribution >= 0.6 is 0 Å². The predicted molar refractivity (Wildman–Crippen MR) is 42.9 cm³/mol. The maximum absolute atomic E-state index is 10.2. The van der Waals surface area contributed by atoms with Crippen molar-refractivity contribution in [2.45, 2.75) is 6.42 Å². The van der Waals surface area contributed by atoms with Crippen LogP contribution in [0.5, 0.6) is 0 Å². The summed E-state index contributed by atoms with van der Waals surface area (Å²) in [6.45, 7) is 1.16. The van der Waals surface area contributed by atoms with Crippen molar-refractivity contribution in [3.05, 3.63) is 0 Å². The van der Waals surface area contributed by atoms with Gasteiger partial charge in [0.05, 0.1) is 19.6 Å². The van der Waals surface area contributed by atoms with Crippen LogP contribution in [0.2, 0.25) is 0 Å². The summed E-state index contributed by atoms with van der Waals surface area (Å²) in [5.41, 5.74) is 0. The van der Waals surface area contributed by atoms with E-state index in [4.69, 9.17) is 15.3 Å². The molecule has 0 aromatic carbocycles. The van der Waals surface area contributed by atoms with Crippen molar-refractivity contribution < 1.29 is 20.1 Å². The van der Waals surface area contributed by atoms with Gasteiger partial charge in [-0.15, -0.1) is 0 Å².